The molecule has 1 saturated heterocycles. The van der Waals surface area contributed by atoms with Gasteiger partial charge in [0.05, 0.1) is 6.10 Å². The number of amides is 2. The summed E-state index contributed by atoms with van der Waals surface area (Å²) in [6.07, 6.45) is 2.31. The van der Waals surface area contributed by atoms with Crippen LogP contribution in [0, 0.1) is 0 Å². The monoisotopic (exact) mass is 312 g/mol. The molecule has 0 spiro atoms. The van der Waals surface area contributed by atoms with Gasteiger partial charge in [0.1, 0.15) is 12.4 Å². The van der Waals surface area contributed by atoms with Crippen LogP contribution in [-0.2, 0) is 4.74 Å². The molecule has 1 atom stereocenters. The molecule has 1 fully saturated rings. The molecule has 2 amide bonds. The molecule has 1 aliphatic rings. The predicted octanol–water partition coefficient (Wildman–Crippen LogP) is 3.89. The quantitative estimate of drug-likeness (QED) is 0.880. The molecule has 2 aromatic carbocycles. The third-order valence-corrected chi connectivity index (χ3v) is 3.58. The second-order valence-electron chi connectivity index (χ2n) is 5.42. The maximum Gasteiger partial charge on any atom is 0.323 e. The summed E-state index contributed by atoms with van der Waals surface area (Å²) in [6.45, 7) is 1.36. The van der Waals surface area contributed by atoms with Crippen molar-refractivity contribution in [3.8, 4) is 5.75 Å². The molecule has 0 aromatic heterocycles. The molecule has 5 nitrogen and oxygen atoms in total. The summed E-state index contributed by atoms with van der Waals surface area (Å²) < 4.78 is 11.3. The van der Waals surface area contributed by atoms with Crippen LogP contribution in [0.25, 0.3) is 0 Å². The lowest BCUT2D eigenvalue weighted by Gasteiger charge is -2.13. The van der Waals surface area contributed by atoms with Crippen LogP contribution >= 0.6 is 0 Å². The fourth-order valence-corrected chi connectivity index (χ4v) is 2.44. The highest BCUT2D eigenvalue weighted by molar-refractivity contribution is 5.99. The highest BCUT2D eigenvalue weighted by Crippen LogP contribution is 2.20. The van der Waals surface area contributed by atoms with E-state index in [4.69, 9.17) is 9.47 Å². The van der Waals surface area contributed by atoms with Gasteiger partial charge in [-0.2, -0.15) is 0 Å². The number of urea groups is 1. The van der Waals surface area contributed by atoms with Gasteiger partial charge < -0.3 is 20.1 Å². The van der Waals surface area contributed by atoms with E-state index in [-0.39, 0.29) is 12.1 Å². The average Bonchev–Trinajstić information content (AvgIpc) is 3.07. The lowest BCUT2D eigenvalue weighted by Crippen LogP contribution is -2.19. The minimum absolute atomic E-state index is 0.174. The Morgan fingerprint density at radius 2 is 1.87 bits per heavy atom. The number of carbonyl (C=O) groups is 1. The van der Waals surface area contributed by atoms with E-state index in [1.165, 1.54) is 0 Å². The second-order valence-corrected chi connectivity index (χ2v) is 5.42. The minimum atomic E-state index is -0.285. The Morgan fingerprint density at radius 3 is 2.65 bits per heavy atom. The van der Waals surface area contributed by atoms with Gasteiger partial charge in [-0.3, -0.25) is 0 Å². The van der Waals surface area contributed by atoms with Crippen LogP contribution in [0.3, 0.4) is 0 Å². The van der Waals surface area contributed by atoms with Crippen LogP contribution in [0.4, 0.5) is 16.2 Å². The van der Waals surface area contributed by atoms with Gasteiger partial charge in [-0.1, -0.05) is 24.3 Å². The van der Waals surface area contributed by atoms with Gasteiger partial charge in [0.2, 0.25) is 0 Å². The van der Waals surface area contributed by atoms with Gasteiger partial charge in [-0.05, 0) is 37.1 Å². The third-order valence-electron chi connectivity index (χ3n) is 3.58. The van der Waals surface area contributed by atoms with Crippen molar-refractivity contribution in [3.05, 3.63) is 54.6 Å². The van der Waals surface area contributed by atoms with E-state index < -0.39 is 0 Å². The maximum absolute atomic E-state index is 12.0. The van der Waals surface area contributed by atoms with Gasteiger partial charge in [0.15, 0.2) is 0 Å². The van der Waals surface area contributed by atoms with Crippen LogP contribution < -0.4 is 15.4 Å². The lowest BCUT2D eigenvalue weighted by atomic mass is 10.2. The Hall–Kier alpha value is -2.53. The zero-order valence-electron chi connectivity index (χ0n) is 12.8. The number of benzene rings is 2. The summed E-state index contributed by atoms with van der Waals surface area (Å²) in [5, 5.41) is 5.57. The van der Waals surface area contributed by atoms with E-state index >= 15 is 0 Å². The van der Waals surface area contributed by atoms with Crippen molar-refractivity contribution in [1.29, 1.82) is 0 Å². The van der Waals surface area contributed by atoms with Crippen LogP contribution in [-0.4, -0.2) is 25.3 Å². The number of rotatable bonds is 5. The van der Waals surface area contributed by atoms with Gasteiger partial charge in [0.25, 0.3) is 0 Å². The molecule has 23 heavy (non-hydrogen) atoms. The summed E-state index contributed by atoms with van der Waals surface area (Å²) in [6, 6.07) is 16.4. The van der Waals surface area contributed by atoms with Gasteiger partial charge in [-0.15, -0.1) is 0 Å². The maximum atomic E-state index is 12.0. The van der Waals surface area contributed by atoms with E-state index in [1.807, 2.05) is 48.5 Å². The predicted molar refractivity (Wildman–Crippen MR) is 90.0 cm³/mol. The zero-order chi connectivity index (χ0) is 15.9. The average molecular weight is 312 g/mol. The molecule has 0 bridgehead atoms. The summed E-state index contributed by atoms with van der Waals surface area (Å²) >= 11 is 0. The first kappa shape index (κ1) is 15.4. The number of ether oxygens (including phenoxy) is 2. The SMILES string of the molecule is O=C(Nc1ccccc1)Nc1cccc(OCC2CCCO2)c1. The van der Waals surface area contributed by atoms with E-state index in [2.05, 4.69) is 10.6 Å². The zero-order valence-corrected chi connectivity index (χ0v) is 12.8. The molecule has 3 rings (SSSR count). The van der Waals surface area contributed by atoms with E-state index in [1.54, 1.807) is 6.07 Å². The molecular weight excluding hydrogens is 292 g/mol. The number of para-hydroxylation sites is 1. The molecule has 1 aliphatic heterocycles. The first-order valence-electron chi connectivity index (χ1n) is 7.77. The molecule has 120 valence electrons. The van der Waals surface area contributed by atoms with E-state index in [9.17, 15) is 4.79 Å². The normalized spacial score (nSPS) is 16.8. The van der Waals surface area contributed by atoms with Crippen molar-refractivity contribution in [2.24, 2.45) is 0 Å². The van der Waals surface area contributed by atoms with Crippen LogP contribution in [0.5, 0.6) is 5.75 Å². The van der Waals surface area contributed by atoms with Crippen molar-refractivity contribution >= 4 is 17.4 Å². The second kappa shape index (κ2) is 7.65. The number of carbonyl (C=O) groups excluding carboxylic acids is 1. The molecule has 0 saturated carbocycles. The molecular formula is C18H20N2O3. The molecule has 2 aromatic rings. The Bertz CT molecular complexity index is 640. The van der Waals surface area contributed by atoms with Crippen molar-refractivity contribution in [3.63, 3.8) is 0 Å². The fraction of sp³-hybridized carbons (Fsp3) is 0.278. The van der Waals surface area contributed by atoms with Crippen molar-refractivity contribution < 1.29 is 14.3 Å². The Balaban J connectivity index is 1.53. The number of hydrogen-bond acceptors (Lipinski definition) is 3. The minimum Gasteiger partial charge on any atom is -0.491 e. The standard InChI is InChI=1S/C18H20N2O3/c21-18(19-14-6-2-1-3-7-14)20-15-8-4-9-16(12-15)23-13-17-10-5-11-22-17/h1-4,6-9,12,17H,5,10-11,13H2,(H2,19,20,21). The largest absolute Gasteiger partial charge is 0.491 e. The molecule has 1 heterocycles. The first-order chi connectivity index (χ1) is 11.3. The smallest absolute Gasteiger partial charge is 0.323 e. The van der Waals surface area contributed by atoms with Crippen LogP contribution in [0.2, 0.25) is 0 Å². The summed E-state index contributed by atoms with van der Waals surface area (Å²) in [4.78, 5) is 12.0. The molecule has 1 unspecified atom stereocenters. The molecule has 5 heteroatoms. The summed E-state index contributed by atoms with van der Waals surface area (Å²) in [5.74, 6) is 0.720. The number of anilines is 2. The van der Waals surface area contributed by atoms with Gasteiger partial charge >= 0.3 is 6.03 Å². The van der Waals surface area contributed by atoms with Crippen molar-refractivity contribution in [1.82, 2.24) is 0 Å². The van der Waals surface area contributed by atoms with Gasteiger partial charge in [-0.25, -0.2) is 4.79 Å². The Labute approximate surface area is 135 Å². The highest BCUT2D eigenvalue weighted by atomic mass is 16.5. The first-order valence-corrected chi connectivity index (χ1v) is 7.77. The number of hydrogen-bond donors (Lipinski definition) is 2. The Morgan fingerprint density at radius 1 is 1.09 bits per heavy atom. The van der Waals surface area contributed by atoms with Gasteiger partial charge in [0, 0.05) is 24.0 Å². The molecule has 0 radical (unpaired) electrons. The fourth-order valence-electron chi connectivity index (χ4n) is 2.44. The van der Waals surface area contributed by atoms with E-state index in [0.29, 0.717) is 12.3 Å². The summed E-state index contributed by atoms with van der Waals surface area (Å²) in [5.41, 5.74) is 1.43. The van der Waals surface area contributed by atoms with E-state index in [0.717, 1.165) is 30.9 Å². The van der Waals surface area contributed by atoms with Crippen LogP contribution in [0.1, 0.15) is 12.8 Å². The van der Waals surface area contributed by atoms with Crippen LogP contribution in [0.15, 0.2) is 54.6 Å². The van der Waals surface area contributed by atoms with Crippen molar-refractivity contribution in [2.45, 2.75) is 18.9 Å². The lowest BCUT2D eigenvalue weighted by molar-refractivity contribution is 0.0680. The third kappa shape index (κ3) is 4.72. The molecule has 0 aliphatic carbocycles. The van der Waals surface area contributed by atoms with Crippen molar-refractivity contribution in [2.75, 3.05) is 23.8 Å². The topological polar surface area (TPSA) is 59.6 Å². The Kier molecular flexibility index (Phi) is 5.11. The molecule has 2 N–H and O–H groups in total. The summed E-state index contributed by atoms with van der Waals surface area (Å²) in [7, 11) is 0. The number of nitrogens with one attached hydrogen (secondary N) is 2. The highest BCUT2D eigenvalue weighted by Gasteiger charge is 2.16.